The molecule has 1 unspecified atom stereocenters. The molecule has 0 saturated heterocycles. The first-order valence-electron chi connectivity index (χ1n) is 4.63. The van der Waals surface area contributed by atoms with Crippen molar-refractivity contribution in [2.45, 2.75) is 19.9 Å². The van der Waals surface area contributed by atoms with E-state index in [4.69, 9.17) is 5.73 Å². The molecule has 1 heterocycles. The van der Waals surface area contributed by atoms with Crippen LogP contribution in [0.3, 0.4) is 0 Å². The minimum Gasteiger partial charge on any atom is -0.383 e. The maximum Gasteiger partial charge on any atom is 0.244 e. The normalized spacial score (nSPS) is 12.3. The van der Waals surface area contributed by atoms with E-state index in [0.717, 1.165) is 10.6 Å². The molecule has 0 aliphatic heterocycles. The smallest absolute Gasteiger partial charge is 0.244 e. The molecule has 15 heavy (non-hydrogen) atoms. The molecule has 1 rings (SSSR count). The zero-order valence-electron chi connectivity index (χ0n) is 9.37. The van der Waals surface area contributed by atoms with Gasteiger partial charge in [0.2, 0.25) is 5.91 Å². The highest BCUT2D eigenvalue weighted by Crippen LogP contribution is 2.25. The lowest BCUT2D eigenvalue weighted by Crippen LogP contribution is -2.36. The van der Waals surface area contributed by atoms with Gasteiger partial charge in [-0.2, -0.15) is 4.37 Å². The number of nitrogens with two attached hydrogens (primary N) is 1. The van der Waals surface area contributed by atoms with Crippen molar-refractivity contribution in [2.24, 2.45) is 0 Å². The van der Waals surface area contributed by atoms with Gasteiger partial charge in [-0.1, -0.05) is 0 Å². The largest absolute Gasteiger partial charge is 0.383 e. The van der Waals surface area contributed by atoms with Crippen LogP contribution in [0.5, 0.6) is 0 Å². The van der Waals surface area contributed by atoms with E-state index in [1.165, 1.54) is 11.5 Å². The zero-order valence-corrected chi connectivity index (χ0v) is 10.2. The fraction of sp³-hybridized carbons (Fsp3) is 0.556. The molecule has 0 spiro atoms. The van der Waals surface area contributed by atoms with E-state index in [-0.39, 0.29) is 11.9 Å². The maximum atomic E-state index is 11.6. The number of amides is 1. The molecule has 0 bridgehead atoms. The Morgan fingerprint density at radius 3 is 2.60 bits per heavy atom. The molecule has 0 aliphatic carbocycles. The third-order valence-corrected chi connectivity index (χ3v) is 3.01. The van der Waals surface area contributed by atoms with Crippen molar-refractivity contribution >= 4 is 28.3 Å². The minimum absolute atomic E-state index is 0.0290. The second-order valence-corrected chi connectivity index (χ2v) is 4.39. The van der Waals surface area contributed by atoms with Crippen LogP contribution in [0.2, 0.25) is 0 Å². The van der Waals surface area contributed by atoms with E-state index in [2.05, 4.69) is 9.69 Å². The predicted octanol–water partition coefficient (Wildman–Crippen LogP) is 0.922. The van der Waals surface area contributed by atoms with E-state index >= 15 is 0 Å². The lowest BCUT2D eigenvalue weighted by atomic mass is 10.3. The summed E-state index contributed by atoms with van der Waals surface area (Å²) in [4.78, 5) is 13.1. The topological polar surface area (TPSA) is 71.2 Å². The van der Waals surface area contributed by atoms with Crippen LogP contribution in [0.15, 0.2) is 0 Å². The van der Waals surface area contributed by atoms with Crippen molar-refractivity contribution in [2.75, 3.05) is 25.1 Å². The Bertz CT molecular complexity index is 361. The molecule has 5 nitrogen and oxygen atoms in total. The van der Waals surface area contributed by atoms with E-state index in [1.807, 2.05) is 13.8 Å². The second kappa shape index (κ2) is 4.48. The fourth-order valence-corrected chi connectivity index (χ4v) is 1.93. The van der Waals surface area contributed by atoms with Gasteiger partial charge >= 0.3 is 0 Å². The number of carbonyl (C=O) groups excluding carboxylic acids is 1. The number of carbonyl (C=O) groups is 1. The monoisotopic (exact) mass is 228 g/mol. The van der Waals surface area contributed by atoms with E-state index in [0.29, 0.717) is 5.82 Å². The first-order chi connectivity index (χ1) is 6.93. The van der Waals surface area contributed by atoms with Crippen molar-refractivity contribution in [1.29, 1.82) is 0 Å². The van der Waals surface area contributed by atoms with Gasteiger partial charge in [0.25, 0.3) is 0 Å². The first-order valence-corrected chi connectivity index (χ1v) is 5.40. The number of nitrogens with one attached hydrogen (secondary N) is 1. The Labute approximate surface area is 93.4 Å². The van der Waals surface area contributed by atoms with Gasteiger partial charge < -0.3 is 16.0 Å². The lowest BCUT2D eigenvalue weighted by Gasteiger charge is -2.18. The highest BCUT2D eigenvalue weighted by molar-refractivity contribution is 7.10. The van der Waals surface area contributed by atoms with Gasteiger partial charge in [-0.25, -0.2) is 0 Å². The molecular formula is C9H16N4OS. The van der Waals surface area contributed by atoms with Crippen molar-refractivity contribution in [3.63, 3.8) is 0 Å². The van der Waals surface area contributed by atoms with Gasteiger partial charge in [0, 0.05) is 19.7 Å². The van der Waals surface area contributed by atoms with Crippen LogP contribution in [0.4, 0.5) is 10.8 Å². The maximum absolute atomic E-state index is 11.6. The van der Waals surface area contributed by atoms with Crippen molar-refractivity contribution in [3.8, 4) is 0 Å². The summed E-state index contributed by atoms with van der Waals surface area (Å²) in [5.74, 6) is 0.549. The van der Waals surface area contributed by atoms with Gasteiger partial charge in [-0.3, -0.25) is 4.79 Å². The fourth-order valence-electron chi connectivity index (χ4n) is 1.13. The molecule has 1 amide bonds. The Morgan fingerprint density at radius 2 is 2.20 bits per heavy atom. The Hall–Kier alpha value is -1.30. The summed E-state index contributed by atoms with van der Waals surface area (Å²) in [5.41, 5.74) is 6.52. The summed E-state index contributed by atoms with van der Waals surface area (Å²) in [7, 11) is 3.46. The van der Waals surface area contributed by atoms with Crippen LogP contribution >= 0.6 is 11.5 Å². The van der Waals surface area contributed by atoms with Gasteiger partial charge in [0.15, 0.2) is 0 Å². The highest BCUT2D eigenvalue weighted by atomic mass is 32.1. The summed E-state index contributed by atoms with van der Waals surface area (Å²) >= 11 is 1.28. The number of hydrogen-bond acceptors (Lipinski definition) is 5. The SMILES string of the molecule is Cc1c(N)nsc1NC(C)C(=O)N(C)C. The number of nitrogens with zero attached hydrogens (tertiary/aromatic N) is 2. The molecule has 1 aromatic rings. The number of aromatic nitrogens is 1. The molecule has 1 atom stereocenters. The third kappa shape index (κ3) is 2.59. The third-order valence-electron chi connectivity index (χ3n) is 2.12. The number of likely N-dealkylation sites (N-methyl/N-ethyl adjacent to an activating group) is 1. The molecule has 0 fully saturated rings. The Kier molecular flexibility index (Phi) is 3.52. The average molecular weight is 228 g/mol. The first kappa shape index (κ1) is 11.8. The summed E-state index contributed by atoms with van der Waals surface area (Å²) < 4.78 is 4.01. The summed E-state index contributed by atoms with van der Waals surface area (Å²) in [6.45, 7) is 3.70. The Balaban J connectivity index is 2.70. The highest BCUT2D eigenvalue weighted by Gasteiger charge is 2.17. The molecule has 0 saturated carbocycles. The lowest BCUT2D eigenvalue weighted by molar-refractivity contribution is -0.129. The molecule has 0 aromatic carbocycles. The number of rotatable bonds is 3. The predicted molar refractivity (Wildman–Crippen MR) is 63.0 cm³/mol. The molecule has 6 heteroatoms. The average Bonchev–Trinajstić information content (AvgIpc) is 2.48. The van der Waals surface area contributed by atoms with Crippen LogP contribution in [0.1, 0.15) is 12.5 Å². The quantitative estimate of drug-likeness (QED) is 0.807. The van der Waals surface area contributed by atoms with E-state index < -0.39 is 0 Å². The van der Waals surface area contributed by atoms with Crippen molar-refractivity contribution < 1.29 is 4.79 Å². The summed E-state index contributed by atoms with van der Waals surface area (Å²) in [6, 6.07) is -0.265. The van der Waals surface area contributed by atoms with Gasteiger partial charge in [-0.15, -0.1) is 0 Å². The van der Waals surface area contributed by atoms with Crippen LogP contribution in [-0.2, 0) is 4.79 Å². The minimum atomic E-state index is -0.265. The molecular weight excluding hydrogens is 212 g/mol. The summed E-state index contributed by atoms with van der Waals surface area (Å²) in [6.07, 6.45) is 0. The standard InChI is InChI=1S/C9H16N4OS/c1-5-7(10)12-15-8(5)11-6(2)9(14)13(3)4/h6,11H,1-4H3,(H2,10,12). The van der Waals surface area contributed by atoms with Crippen LogP contribution in [0, 0.1) is 6.92 Å². The summed E-state index contributed by atoms with van der Waals surface area (Å²) in [5, 5.41) is 3.95. The number of hydrogen-bond donors (Lipinski definition) is 2. The molecule has 84 valence electrons. The van der Waals surface area contributed by atoms with E-state index in [9.17, 15) is 4.79 Å². The van der Waals surface area contributed by atoms with Crippen LogP contribution in [0.25, 0.3) is 0 Å². The van der Waals surface area contributed by atoms with Gasteiger partial charge in [0.1, 0.15) is 16.9 Å². The van der Waals surface area contributed by atoms with Crippen LogP contribution in [-0.4, -0.2) is 35.3 Å². The molecule has 1 aromatic heterocycles. The van der Waals surface area contributed by atoms with Crippen LogP contribution < -0.4 is 11.1 Å². The van der Waals surface area contributed by atoms with E-state index in [1.54, 1.807) is 19.0 Å². The van der Waals surface area contributed by atoms with Gasteiger partial charge in [-0.05, 0) is 25.4 Å². The number of anilines is 2. The van der Waals surface area contributed by atoms with Crippen molar-refractivity contribution in [1.82, 2.24) is 9.27 Å². The second-order valence-electron chi connectivity index (χ2n) is 3.62. The van der Waals surface area contributed by atoms with Gasteiger partial charge in [0.05, 0.1) is 0 Å². The molecule has 0 radical (unpaired) electrons. The Morgan fingerprint density at radius 1 is 1.60 bits per heavy atom. The zero-order chi connectivity index (χ0) is 11.6. The molecule has 0 aliphatic rings. The van der Waals surface area contributed by atoms with Crippen molar-refractivity contribution in [3.05, 3.63) is 5.56 Å². The molecule has 3 N–H and O–H groups in total. The number of nitrogen functional groups attached to an aromatic ring is 1.